The van der Waals surface area contributed by atoms with Gasteiger partial charge in [0.05, 0.1) is 190 Å². The molecule has 0 aliphatic heterocycles. The molecule has 0 aromatic carbocycles. The van der Waals surface area contributed by atoms with Crippen LogP contribution in [0.1, 0.15) is 124 Å². The second kappa shape index (κ2) is 89.2. The van der Waals surface area contributed by atoms with E-state index in [0.717, 1.165) is 0 Å². The molecular formula is C71H152O26. The van der Waals surface area contributed by atoms with E-state index in [9.17, 15) is 0 Å². The molecule has 0 aromatic heterocycles. The van der Waals surface area contributed by atoms with Crippen LogP contribution in [0.3, 0.4) is 0 Å². The molecule has 8 unspecified atom stereocenters. The van der Waals surface area contributed by atoms with Gasteiger partial charge in [0.25, 0.3) is 0 Å². The van der Waals surface area contributed by atoms with E-state index in [2.05, 4.69) is 27.7 Å². The fourth-order valence-corrected chi connectivity index (χ4v) is 7.89. The molecule has 0 bridgehead atoms. The molecule has 0 fully saturated rings. The van der Waals surface area contributed by atoms with Crippen LogP contribution >= 0.6 is 0 Å². The SMILES string of the molecule is CCC.CCC.CCOCC(COCC(COCC(COCC(COCC(COCC(COCC)OCC)OCC)OCC)OCC)OCC)OCC.CCOCC(COCC)(COCC)COCC.COCCOCC(COCC(COCCOC)OCCOC)OCCOC. The largest absolute Gasteiger partial charge is 0.382 e. The molecule has 0 aromatic rings. The molecule has 0 amide bonds. The van der Waals surface area contributed by atoms with Crippen LogP contribution in [0.25, 0.3) is 0 Å². The zero-order valence-corrected chi connectivity index (χ0v) is 65.4. The summed E-state index contributed by atoms with van der Waals surface area (Å²) in [6, 6.07) is 0. The van der Waals surface area contributed by atoms with Crippen LogP contribution in [0.2, 0.25) is 0 Å². The van der Waals surface area contributed by atoms with Gasteiger partial charge in [-0.2, -0.15) is 0 Å². The fourth-order valence-electron chi connectivity index (χ4n) is 7.89. The van der Waals surface area contributed by atoms with Crippen molar-refractivity contribution in [2.45, 2.75) is 172 Å². The second-order valence-electron chi connectivity index (χ2n) is 21.6. The molecule has 0 saturated carbocycles. The normalized spacial score (nSPS) is 14.0. The lowest BCUT2D eigenvalue weighted by molar-refractivity contribution is -0.119. The Kier molecular flexibility index (Phi) is 96.1. The van der Waals surface area contributed by atoms with Crippen LogP contribution in [0.4, 0.5) is 0 Å². The van der Waals surface area contributed by atoms with E-state index < -0.39 is 0 Å². The molecule has 0 N–H and O–H groups in total. The molecule has 26 nitrogen and oxygen atoms in total. The van der Waals surface area contributed by atoms with Gasteiger partial charge >= 0.3 is 0 Å². The standard InChI is InChI=1S/C34H70O13.C18H38O9.C13H28O4.2C3H8/c1-9-35-17-29(42-11-3)19-37-21-31(44-13-5)23-39-25-33(46-15-7)27-41-28-34(47-16-8)26-40-24-32(45-14-6)22-38-20-30(43-12-4)18-36-10-2;1-19-5-9-23-13-17(26-11-7-21-3)15-25-16-18(27-12-8-22-4)14-24-10-6-20-2;1-5-14-9-13(10-15-6-2,11-16-7-3)12-17-8-4;2*1-3-2/h29-34H,9-28H2,1-8H3;17-18H,5-16H2,1-4H3;5-12H2,1-4H3;2*3H2,1-2H3. The molecule has 0 radical (unpaired) electrons. The first-order valence-corrected chi connectivity index (χ1v) is 36.3. The number of ether oxygens (including phenoxy) is 26. The molecule has 0 spiro atoms. The van der Waals surface area contributed by atoms with E-state index in [1.807, 2.05) is 83.1 Å². The molecule has 97 heavy (non-hydrogen) atoms. The Balaban J connectivity index is -0.000000470. The molecule has 0 saturated heterocycles. The summed E-state index contributed by atoms with van der Waals surface area (Å²) in [5.74, 6) is 0. The van der Waals surface area contributed by atoms with Crippen LogP contribution in [0.15, 0.2) is 0 Å². The number of hydrogen-bond donors (Lipinski definition) is 0. The molecule has 0 aliphatic rings. The maximum absolute atomic E-state index is 5.99. The minimum atomic E-state index is -0.234. The Bertz CT molecular complexity index is 1260. The van der Waals surface area contributed by atoms with Crippen molar-refractivity contribution >= 4 is 0 Å². The van der Waals surface area contributed by atoms with Crippen LogP contribution in [-0.2, 0) is 123 Å². The monoisotopic (exact) mass is 1420 g/mol. The third kappa shape index (κ3) is 77.4. The summed E-state index contributed by atoms with van der Waals surface area (Å²) in [6.07, 6.45) is 1.03. The first-order valence-electron chi connectivity index (χ1n) is 36.3. The summed E-state index contributed by atoms with van der Waals surface area (Å²) < 4.78 is 146. The zero-order chi connectivity index (χ0) is 73.2. The average Bonchev–Trinajstić information content (AvgIpc) is 1.80. The summed E-state index contributed by atoms with van der Waals surface area (Å²) in [7, 11) is 6.54. The Morgan fingerprint density at radius 1 is 0.175 bits per heavy atom. The van der Waals surface area contributed by atoms with Gasteiger partial charge in [-0.1, -0.05) is 40.5 Å². The van der Waals surface area contributed by atoms with Crippen LogP contribution in [-0.4, -0.2) is 342 Å². The van der Waals surface area contributed by atoms with Gasteiger partial charge in [-0.05, 0) is 83.1 Å². The van der Waals surface area contributed by atoms with Crippen LogP contribution in [0, 0.1) is 5.41 Å². The first kappa shape index (κ1) is 105. The number of methoxy groups -OCH3 is 4. The van der Waals surface area contributed by atoms with Crippen molar-refractivity contribution in [3.05, 3.63) is 0 Å². The highest BCUT2D eigenvalue weighted by Crippen LogP contribution is 2.21. The summed E-state index contributed by atoms with van der Waals surface area (Å²) >= 11 is 0. The van der Waals surface area contributed by atoms with E-state index in [-0.39, 0.29) is 54.2 Å². The zero-order valence-electron chi connectivity index (χ0n) is 65.4. The van der Waals surface area contributed by atoms with Gasteiger partial charge in [0, 0.05) is 108 Å². The van der Waals surface area contributed by atoms with E-state index in [1.54, 1.807) is 28.4 Å². The van der Waals surface area contributed by atoms with Crippen molar-refractivity contribution in [3.8, 4) is 0 Å². The minimum absolute atomic E-state index is 0.108. The van der Waals surface area contributed by atoms with E-state index >= 15 is 0 Å². The maximum atomic E-state index is 5.99. The van der Waals surface area contributed by atoms with Gasteiger partial charge in [-0.3, -0.25) is 0 Å². The Hall–Kier alpha value is -1.04. The van der Waals surface area contributed by atoms with Crippen molar-refractivity contribution in [2.75, 3.05) is 293 Å². The summed E-state index contributed by atoms with van der Waals surface area (Å²) in [6.45, 7) is 52.7. The van der Waals surface area contributed by atoms with E-state index in [4.69, 9.17) is 123 Å². The first-order chi connectivity index (χ1) is 47.4. The number of rotatable bonds is 72. The quantitative estimate of drug-likeness (QED) is 0.0516. The fraction of sp³-hybridized carbons (Fsp3) is 1.00. The van der Waals surface area contributed by atoms with Crippen molar-refractivity contribution in [1.82, 2.24) is 0 Å². The predicted octanol–water partition coefficient (Wildman–Crippen LogP) is 8.92. The third-order valence-electron chi connectivity index (χ3n) is 12.3. The van der Waals surface area contributed by atoms with Gasteiger partial charge in [0.1, 0.15) is 48.8 Å². The Morgan fingerprint density at radius 3 is 0.515 bits per heavy atom. The Morgan fingerprint density at radius 2 is 0.340 bits per heavy atom. The third-order valence-corrected chi connectivity index (χ3v) is 12.3. The highest BCUT2D eigenvalue weighted by Gasteiger charge is 2.32. The lowest BCUT2D eigenvalue weighted by Gasteiger charge is -2.32. The van der Waals surface area contributed by atoms with Gasteiger partial charge in [0.2, 0.25) is 0 Å². The predicted molar refractivity (Wildman–Crippen MR) is 379 cm³/mol. The summed E-state index contributed by atoms with van der Waals surface area (Å²) in [5.41, 5.74) is -0.183. The van der Waals surface area contributed by atoms with Gasteiger partial charge in [0.15, 0.2) is 0 Å². The molecule has 592 valence electrons. The highest BCUT2D eigenvalue weighted by molar-refractivity contribution is 4.79. The van der Waals surface area contributed by atoms with Crippen molar-refractivity contribution < 1.29 is 123 Å². The van der Waals surface area contributed by atoms with Gasteiger partial charge < -0.3 is 123 Å². The molecule has 0 rings (SSSR count). The number of hydrogen-bond acceptors (Lipinski definition) is 26. The molecule has 0 heterocycles. The van der Waals surface area contributed by atoms with Crippen molar-refractivity contribution in [1.29, 1.82) is 0 Å². The lowest BCUT2D eigenvalue weighted by Crippen LogP contribution is -2.41. The van der Waals surface area contributed by atoms with Gasteiger partial charge in [-0.15, -0.1) is 0 Å². The second-order valence-corrected chi connectivity index (χ2v) is 21.6. The Labute approximate surface area is 591 Å². The van der Waals surface area contributed by atoms with Gasteiger partial charge in [-0.25, -0.2) is 0 Å². The van der Waals surface area contributed by atoms with E-state index in [1.165, 1.54) is 12.8 Å². The van der Waals surface area contributed by atoms with Crippen molar-refractivity contribution in [3.63, 3.8) is 0 Å². The van der Waals surface area contributed by atoms with Crippen LogP contribution < -0.4 is 0 Å². The molecule has 8 atom stereocenters. The smallest absolute Gasteiger partial charge is 0.104 e. The van der Waals surface area contributed by atoms with Crippen LogP contribution in [0.5, 0.6) is 0 Å². The lowest BCUT2D eigenvalue weighted by atomic mass is 9.92. The topological polar surface area (TPSA) is 240 Å². The average molecular weight is 1420 g/mol. The highest BCUT2D eigenvalue weighted by atomic mass is 16.6. The summed E-state index contributed by atoms with van der Waals surface area (Å²) in [5, 5.41) is 0. The van der Waals surface area contributed by atoms with E-state index in [0.29, 0.717) is 264 Å². The maximum Gasteiger partial charge on any atom is 0.104 e. The van der Waals surface area contributed by atoms with Crippen molar-refractivity contribution in [2.24, 2.45) is 5.41 Å². The molecule has 0 aliphatic carbocycles. The molecule has 26 heteroatoms. The molecular weight excluding hydrogens is 1270 g/mol. The summed E-state index contributed by atoms with van der Waals surface area (Å²) in [4.78, 5) is 0. The minimum Gasteiger partial charge on any atom is -0.382 e.